The van der Waals surface area contributed by atoms with Crippen LogP contribution in [0.4, 0.5) is 0 Å². The van der Waals surface area contributed by atoms with Gasteiger partial charge in [-0.25, -0.2) is 0 Å². The van der Waals surface area contributed by atoms with Crippen LogP contribution in [0, 0.1) is 5.92 Å². The molecule has 1 N–H and O–H groups in total. The van der Waals surface area contributed by atoms with Gasteiger partial charge >= 0.3 is 0 Å². The first-order chi connectivity index (χ1) is 9.76. The van der Waals surface area contributed by atoms with Crippen molar-refractivity contribution >= 4 is 27.3 Å². The zero-order valence-electron chi connectivity index (χ0n) is 11.4. The molecule has 0 radical (unpaired) electrons. The summed E-state index contributed by atoms with van der Waals surface area (Å²) in [5, 5.41) is 9.72. The van der Waals surface area contributed by atoms with Crippen molar-refractivity contribution in [1.82, 2.24) is 15.5 Å². The number of halogens is 1. The molecular formula is C14H18BrN3OS. The summed E-state index contributed by atoms with van der Waals surface area (Å²) in [6.07, 6.45) is 4.63. The van der Waals surface area contributed by atoms with Crippen molar-refractivity contribution in [1.29, 1.82) is 0 Å². The maximum Gasteiger partial charge on any atom is 0.228 e. The molecule has 20 heavy (non-hydrogen) atoms. The largest absolute Gasteiger partial charge is 0.339 e. The molecule has 0 amide bonds. The quantitative estimate of drug-likeness (QED) is 0.818. The smallest absolute Gasteiger partial charge is 0.228 e. The van der Waals surface area contributed by atoms with E-state index in [-0.39, 0.29) is 0 Å². The molecule has 108 valence electrons. The van der Waals surface area contributed by atoms with Gasteiger partial charge in [-0.05, 0) is 53.7 Å². The Kier molecular flexibility index (Phi) is 4.53. The molecule has 1 unspecified atom stereocenters. The molecule has 1 aliphatic carbocycles. The van der Waals surface area contributed by atoms with E-state index in [4.69, 9.17) is 4.52 Å². The fourth-order valence-corrected chi connectivity index (χ4v) is 3.64. The molecule has 0 aliphatic heterocycles. The average Bonchev–Trinajstić information content (AvgIpc) is 3.03. The zero-order chi connectivity index (χ0) is 13.9. The van der Waals surface area contributed by atoms with E-state index in [1.165, 1.54) is 12.8 Å². The van der Waals surface area contributed by atoms with Crippen LogP contribution in [0.15, 0.2) is 20.4 Å². The third-order valence-corrected chi connectivity index (χ3v) is 5.19. The predicted octanol–water partition coefficient (Wildman–Crippen LogP) is 3.88. The fourth-order valence-electron chi connectivity index (χ4n) is 2.29. The summed E-state index contributed by atoms with van der Waals surface area (Å²) in [5.74, 6) is 2.22. The summed E-state index contributed by atoms with van der Waals surface area (Å²) in [4.78, 5) is 5.56. The van der Waals surface area contributed by atoms with Gasteiger partial charge in [0.1, 0.15) is 0 Å². The van der Waals surface area contributed by atoms with Crippen LogP contribution < -0.4 is 5.32 Å². The van der Waals surface area contributed by atoms with Crippen LogP contribution in [0.2, 0.25) is 0 Å². The average molecular weight is 356 g/mol. The van der Waals surface area contributed by atoms with Crippen LogP contribution in [-0.4, -0.2) is 22.7 Å². The molecule has 1 aliphatic rings. The monoisotopic (exact) mass is 355 g/mol. The summed E-state index contributed by atoms with van der Waals surface area (Å²) in [6, 6.07) is 2.51. The Bertz CT molecular complexity index is 564. The van der Waals surface area contributed by atoms with Crippen molar-refractivity contribution in [2.75, 3.05) is 6.54 Å². The van der Waals surface area contributed by atoms with Gasteiger partial charge < -0.3 is 9.84 Å². The van der Waals surface area contributed by atoms with E-state index in [0.29, 0.717) is 11.9 Å². The van der Waals surface area contributed by atoms with Gasteiger partial charge in [0.05, 0.1) is 4.88 Å². The van der Waals surface area contributed by atoms with E-state index < -0.39 is 0 Å². The molecule has 0 bridgehead atoms. The van der Waals surface area contributed by atoms with E-state index in [1.54, 1.807) is 11.3 Å². The van der Waals surface area contributed by atoms with Crippen LogP contribution in [-0.2, 0) is 6.42 Å². The molecular weight excluding hydrogens is 338 g/mol. The van der Waals surface area contributed by atoms with Gasteiger partial charge in [-0.1, -0.05) is 12.1 Å². The van der Waals surface area contributed by atoms with Gasteiger partial charge in [0.2, 0.25) is 11.7 Å². The maximum absolute atomic E-state index is 5.41. The number of hydrogen-bond acceptors (Lipinski definition) is 5. The molecule has 0 saturated heterocycles. The lowest BCUT2D eigenvalue weighted by molar-refractivity contribution is 0.346. The van der Waals surface area contributed by atoms with Crippen LogP contribution in [0.5, 0.6) is 0 Å². The predicted molar refractivity (Wildman–Crippen MR) is 83.8 cm³/mol. The molecule has 0 aromatic carbocycles. The number of hydrogen-bond donors (Lipinski definition) is 1. The van der Waals surface area contributed by atoms with E-state index in [1.807, 2.05) is 11.4 Å². The molecule has 1 atom stereocenters. The highest BCUT2D eigenvalue weighted by Crippen LogP contribution is 2.34. The van der Waals surface area contributed by atoms with E-state index in [0.717, 1.165) is 40.5 Å². The highest BCUT2D eigenvalue weighted by molar-refractivity contribution is 9.10. The second kappa shape index (κ2) is 6.37. The molecule has 3 rings (SSSR count). The fraction of sp³-hybridized carbons (Fsp3) is 0.571. The molecule has 1 fully saturated rings. The summed E-state index contributed by atoms with van der Waals surface area (Å²) in [7, 11) is 0. The van der Waals surface area contributed by atoms with Gasteiger partial charge in [-0.15, -0.1) is 11.3 Å². The van der Waals surface area contributed by atoms with Gasteiger partial charge in [0.15, 0.2) is 0 Å². The normalized spacial score (nSPS) is 16.5. The lowest BCUT2D eigenvalue weighted by Gasteiger charge is -2.15. The molecule has 1 saturated carbocycles. The first kappa shape index (κ1) is 14.2. The first-order valence-corrected chi connectivity index (χ1v) is 8.74. The van der Waals surface area contributed by atoms with Gasteiger partial charge in [-0.2, -0.15) is 4.98 Å². The summed E-state index contributed by atoms with van der Waals surface area (Å²) >= 11 is 5.07. The van der Waals surface area contributed by atoms with Crippen molar-refractivity contribution in [2.24, 2.45) is 5.92 Å². The first-order valence-electron chi connectivity index (χ1n) is 7.06. The standard InChI is InChI=1S/C14H18BrN3OS/c1-2-5-16-11(9-3-4-9)7-13-17-14(18-19-13)12-6-10(15)8-20-12/h6,8-9,11,16H,2-5,7H2,1H3. The van der Waals surface area contributed by atoms with Crippen LogP contribution >= 0.6 is 27.3 Å². The third kappa shape index (κ3) is 3.48. The topological polar surface area (TPSA) is 51.0 Å². The van der Waals surface area contributed by atoms with Crippen molar-refractivity contribution < 1.29 is 4.52 Å². The van der Waals surface area contributed by atoms with Crippen molar-refractivity contribution in [3.05, 3.63) is 21.8 Å². The molecule has 0 spiro atoms. The highest BCUT2D eigenvalue weighted by atomic mass is 79.9. The Morgan fingerprint density at radius 2 is 2.40 bits per heavy atom. The number of nitrogens with zero attached hydrogens (tertiary/aromatic N) is 2. The Morgan fingerprint density at radius 3 is 3.05 bits per heavy atom. The van der Waals surface area contributed by atoms with Crippen LogP contribution in [0.1, 0.15) is 32.1 Å². The lowest BCUT2D eigenvalue weighted by atomic mass is 10.1. The van der Waals surface area contributed by atoms with Crippen molar-refractivity contribution in [3.8, 4) is 10.7 Å². The number of thiophene rings is 1. The molecule has 2 aromatic heterocycles. The minimum Gasteiger partial charge on any atom is -0.339 e. The van der Waals surface area contributed by atoms with Crippen LogP contribution in [0.25, 0.3) is 10.7 Å². The zero-order valence-corrected chi connectivity index (χ0v) is 13.8. The lowest BCUT2D eigenvalue weighted by Crippen LogP contribution is -2.33. The number of rotatable bonds is 7. The van der Waals surface area contributed by atoms with Crippen molar-refractivity contribution in [2.45, 2.75) is 38.6 Å². The van der Waals surface area contributed by atoms with E-state index in [9.17, 15) is 0 Å². The van der Waals surface area contributed by atoms with Gasteiger partial charge in [-0.3, -0.25) is 0 Å². The Balaban J connectivity index is 1.66. The summed E-state index contributed by atoms with van der Waals surface area (Å²) in [6.45, 7) is 3.25. The highest BCUT2D eigenvalue weighted by Gasteiger charge is 2.32. The van der Waals surface area contributed by atoms with Gasteiger partial charge in [0, 0.05) is 22.3 Å². The Morgan fingerprint density at radius 1 is 1.55 bits per heavy atom. The molecule has 4 nitrogen and oxygen atoms in total. The summed E-state index contributed by atoms with van der Waals surface area (Å²) < 4.78 is 6.47. The SMILES string of the molecule is CCCNC(Cc1nc(-c2cc(Br)cs2)no1)C1CC1. The molecule has 2 aromatic rings. The number of aromatic nitrogens is 2. The molecule has 6 heteroatoms. The maximum atomic E-state index is 5.41. The Hall–Kier alpha value is -0.720. The van der Waals surface area contributed by atoms with E-state index in [2.05, 4.69) is 38.3 Å². The second-order valence-electron chi connectivity index (χ2n) is 5.24. The minimum absolute atomic E-state index is 0.485. The van der Waals surface area contributed by atoms with Gasteiger partial charge in [0.25, 0.3) is 0 Å². The second-order valence-corrected chi connectivity index (χ2v) is 7.07. The Labute approximate surface area is 131 Å². The van der Waals surface area contributed by atoms with Crippen molar-refractivity contribution in [3.63, 3.8) is 0 Å². The van der Waals surface area contributed by atoms with Crippen LogP contribution in [0.3, 0.4) is 0 Å². The third-order valence-electron chi connectivity index (χ3n) is 3.50. The molecule has 2 heterocycles. The van der Waals surface area contributed by atoms with E-state index >= 15 is 0 Å². The minimum atomic E-state index is 0.485. The summed E-state index contributed by atoms with van der Waals surface area (Å²) in [5.41, 5.74) is 0. The number of nitrogens with one attached hydrogen (secondary N) is 1.